The maximum atomic E-state index is 10.7. The molecule has 0 aliphatic heterocycles. The molecule has 14 heteroatoms. The maximum absolute atomic E-state index is 10.7. The van der Waals surface area contributed by atoms with Crippen molar-refractivity contribution in [3.8, 4) is 0 Å². The first kappa shape index (κ1) is 26.9. The van der Waals surface area contributed by atoms with Crippen LogP contribution < -0.4 is 5.32 Å². The summed E-state index contributed by atoms with van der Waals surface area (Å²) in [6.45, 7) is 6.90. The van der Waals surface area contributed by atoms with Crippen LogP contribution in [0.3, 0.4) is 0 Å². The first-order valence-electron chi connectivity index (χ1n) is 7.70. The number of rotatable bonds is 6. The van der Waals surface area contributed by atoms with Gasteiger partial charge in [-0.3, -0.25) is 13.9 Å². The van der Waals surface area contributed by atoms with Gasteiger partial charge in [-0.25, -0.2) is 0 Å². The van der Waals surface area contributed by atoms with Crippen molar-refractivity contribution >= 4 is 21.1 Å². The Morgan fingerprint density at radius 1 is 1.00 bits per heavy atom. The Labute approximate surface area is 152 Å². The Morgan fingerprint density at radius 2 is 1.42 bits per heavy atom. The molecule has 152 valence electrons. The molecule has 1 amide bonds. The van der Waals surface area contributed by atoms with Crippen molar-refractivity contribution in [1.29, 1.82) is 0 Å². The molecule has 1 aromatic heterocycles. The van der Waals surface area contributed by atoms with Gasteiger partial charge in [0.15, 0.2) is 4.90 Å². The highest BCUT2D eigenvalue weighted by Gasteiger charge is 2.54. The van der Waals surface area contributed by atoms with E-state index in [1.165, 1.54) is 19.3 Å². The molecule has 12 nitrogen and oxygen atoms in total. The van der Waals surface area contributed by atoms with Crippen LogP contribution in [0.4, 0.5) is 0 Å². The topological polar surface area (TPSA) is 196 Å². The van der Waals surface area contributed by atoms with Gasteiger partial charge in [0, 0.05) is 13.0 Å². The van der Waals surface area contributed by atoms with Crippen LogP contribution in [0.15, 0.2) is 12.4 Å². The third-order valence-electron chi connectivity index (χ3n) is 3.16. The van der Waals surface area contributed by atoms with Crippen molar-refractivity contribution in [2.75, 3.05) is 6.54 Å². The average molecular weight is 415 g/mol. The summed E-state index contributed by atoms with van der Waals surface area (Å²) in [5, 5.41) is 15.8. The molecule has 0 fully saturated rings. The van der Waals surface area contributed by atoms with Crippen LogP contribution in [0.2, 0.25) is 0 Å². The molecule has 1 heterocycles. The van der Waals surface area contributed by atoms with Crippen molar-refractivity contribution < 1.29 is 33.5 Å². The molecule has 0 unspecified atom stereocenters. The van der Waals surface area contributed by atoms with Crippen LogP contribution in [-0.2, 0) is 13.9 Å². The molecular formula is C12H27N5O7P2. The number of amides is 1. The molecule has 0 saturated heterocycles. The van der Waals surface area contributed by atoms with E-state index in [2.05, 4.69) is 25.9 Å². The summed E-state index contributed by atoms with van der Waals surface area (Å²) in [5.41, 5.74) is 0. The minimum atomic E-state index is -4.77. The molecule has 1 rings (SSSR count). The summed E-state index contributed by atoms with van der Waals surface area (Å²) in [4.78, 5) is 43.0. The van der Waals surface area contributed by atoms with Gasteiger partial charge in [0.1, 0.15) is 0 Å². The molecule has 0 bridgehead atoms. The zero-order valence-corrected chi connectivity index (χ0v) is 17.0. The van der Waals surface area contributed by atoms with E-state index >= 15 is 0 Å². The standard InChI is InChI=1S/C6H13NO.C4H12O6P2.C2H2N4/c1-3-5-7-6(8)4-2;1-3-4(2,11(5,6)7)12(8,9)10;1-2-4-6-5-3-1/h3-5H2,1-2H3,(H,7,8);3H2,1-2H3,(H2,5,6,7)(H2,8,9,10);1-2H. The minimum absolute atomic E-state index is 0.145. The lowest BCUT2D eigenvalue weighted by Crippen LogP contribution is -2.23. The van der Waals surface area contributed by atoms with E-state index < -0.39 is 20.1 Å². The minimum Gasteiger partial charge on any atom is -0.356 e. The van der Waals surface area contributed by atoms with Gasteiger partial charge in [-0.15, -0.1) is 10.2 Å². The molecule has 0 spiro atoms. The van der Waals surface area contributed by atoms with E-state index in [9.17, 15) is 13.9 Å². The summed E-state index contributed by atoms with van der Waals surface area (Å²) >= 11 is 0. The molecule has 5 N–H and O–H groups in total. The first-order valence-corrected chi connectivity index (χ1v) is 10.9. The van der Waals surface area contributed by atoms with Crippen LogP contribution in [-0.4, -0.2) is 57.5 Å². The van der Waals surface area contributed by atoms with E-state index in [1.54, 1.807) is 0 Å². The average Bonchev–Trinajstić information content (AvgIpc) is 2.59. The van der Waals surface area contributed by atoms with E-state index in [0.717, 1.165) is 19.9 Å². The van der Waals surface area contributed by atoms with Gasteiger partial charge in [0.25, 0.3) is 0 Å². The van der Waals surface area contributed by atoms with E-state index in [4.69, 9.17) is 19.6 Å². The van der Waals surface area contributed by atoms with Crippen molar-refractivity contribution in [3.63, 3.8) is 0 Å². The smallest absolute Gasteiger partial charge is 0.343 e. The predicted molar refractivity (Wildman–Crippen MR) is 94.0 cm³/mol. The SMILES string of the molecule is CCC(C)(P(=O)(O)O)P(=O)(O)O.CCCNC(=O)CC.c1cnnnn1. The van der Waals surface area contributed by atoms with Gasteiger partial charge >= 0.3 is 15.2 Å². The Morgan fingerprint density at radius 3 is 1.58 bits per heavy atom. The quantitative estimate of drug-likeness (QED) is 0.409. The zero-order valence-electron chi connectivity index (χ0n) is 15.2. The highest BCUT2D eigenvalue weighted by molar-refractivity contribution is 7.72. The molecular weight excluding hydrogens is 388 g/mol. The van der Waals surface area contributed by atoms with Crippen molar-refractivity contribution in [2.24, 2.45) is 0 Å². The molecule has 0 aliphatic rings. The van der Waals surface area contributed by atoms with Crippen LogP contribution in [0.1, 0.15) is 47.0 Å². The Kier molecular flexibility index (Phi) is 13.4. The van der Waals surface area contributed by atoms with Gasteiger partial charge in [0.2, 0.25) is 5.91 Å². The second-order valence-corrected chi connectivity index (χ2v) is 9.57. The van der Waals surface area contributed by atoms with Crippen molar-refractivity contribution in [3.05, 3.63) is 12.4 Å². The molecule has 0 atom stereocenters. The van der Waals surface area contributed by atoms with Gasteiger partial charge in [-0.05, 0) is 30.2 Å². The van der Waals surface area contributed by atoms with Crippen molar-refractivity contribution in [1.82, 2.24) is 25.9 Å². The predicted octanol–water partition coefficient (Wildman–Crippen LogP) is 0.657. The number of hydrogen-bond donors (Lipinski definition) is 5. The lowest BCUT2D eigenvalue weighted by molar-refractivity contribution is -0.120. The number of nitrogens with one attached hydrogen (secondary N) is 1. The third kappa shape index (κ3) is 10.6. The first-order chi connectivity index (χ1) is 11.9. The van der Waals surface area contributed by atoms with Crippen LogP contribution in [0.5, 0.6) is 0 Å². The van der Waals surface area contributed by atoms with E-state index in [-0.39, 0.29) is 12.3 Å². The summed E-state index contributed by atoms with van der Waals surface area (Å²) in [6.07, 6.45) is 4.27. The Balaban J connectivity index is 0. The van der Waals surface area contributed by atoms with E-state index in [1.807, 2.05) is 13.8 Å². The lowest BCUT2D eigenvalue weighted by atomic mass is 10.4. The fourth-order valence-electron chi connectivity index (χ4n) is 1.14. The van der Waals surface area contributed by atoms with Crippen LogP contribution >= 0.6 is 15.2 Å². The molecule has 26 heavy (non-hydrogen) atoms. The van der Waals surface area contributed by atoms with Gasteiger partial charge in [0.05, 0.1) is 12.4 Å². The van der Waals surface area contributed by atoms with E-state index in [0.29, 0.717) is 6.42 Å². The summed E-state index contributed by atoms with van der Waals surface area (Å²) < 4.78 is 21.5. The van der Waals surface area contributed by atoms with Crippen molar-refractivity contribution in [2.45, 2.75) is 51.9 Å². The number of hydrogen-bond acceptors (Lipinski definition) is 7. The fourth-order valence-corrected chi connectivity index (χ4v) is 3.32. The maximum Gasteiger partial charge on any atom is 0.343 e. The molecule has 0 aliphatic carbocycles. The molecule has 0 saturated carbocycles. The number of carbonyl (C=O) groups excluding carboxylic acids is 1. The number of aromatic nitrogens is 4. The normalized spacial score (nSPS) is 11.4. The number of nitrogens with zero attached hydrogens (tertiary/aromatic N) is 4. The monoisotopic (exact) mass is 415 g/mol. The van der Waals surface area contributed by atoms with Gasteiger partial charge in [-0.2, -0.15) is 0 Å². The highest BCUT2D eigenvalue weighted by atomic mass is 31.2. The summed E-state index contributed by atoms with van der Waals surface area (Å²) in [5.74, 6) is 0.145. The zero-order chi connectivity index (χ0) is 20.9. The van der Waals surface area contributed by atoms with Crippen LogP contribution in [0, 0.1) is 0 Å². The second kappa shape index (κ2) is 13.0. The second-order valence-electron chi connectivity index (χ2n) is 5.07. The highest BCUT2D eigenvalue weighted by Crippen LogP contribution is 2.70. The largest absolute Gasteiger partial charge is 0.356 e. The van der Waals surface area contributed by atoms with Gasteiger partial charge in [-0.1, -0.05) is 20.8 Å². The van der Waals surface area contributed by atoms with Gasteiger partial charge < -0.3 is 24.9 Å². The molecule has 0 aromatic carbocycles. The molecule has 0 radical (unpaired) electrons. The lowest BCUT2D eigenvalue weighted by Gasteiger charge is -2.29. The Hall–Kier alpha value is -1.29. The fraction of sp³-hybridized carbons (Fsp3) is 0.750. The number of carbonyl (C=O) groups is 1. The van der Waals surface area contributed by atoms with Crippen LogP contribution in [0.25, 0.3) is 0 Å². The Bertz CT molecular complexity index is 544. The summed E-state index contributed by atoms with van der Waals surface area (Å²) in [7, 11) is -9.54. The summed E-state index contributed by atoms with van der Waals surface area (Å²) in [6, 6.07) is 0. The molecule has 1 aromatic rings. The third-order valence-corrected chi connectivity index (χ3v) is 7.87.